The number of aryl methyl sites for hydroxylation is 1. The van der Waals surface area contributed by atoms with E-state index in [0.29, 0.717) is 11.4 Å². The Hall–Kier alpha value is -4.05. The molecule has 2 unspecified atom stereocenters. The lowest BCUT2D eigenvalue weighted by atomic mass is 10.1. The Balaban J connectivity index is 2.03. The van der Waals surface area contributed by atoms with Crippen molar-refractivity contribution in [3.05, 3.63) is 83.9 Å². The summed E-state index contributed by atoms with van der Waals surface area (Å²) in [4.78, 5) is 28.5. The summed E-state index contributed by atoms with van der Waals surface area (Å²) in [6.45, 7) is 7.08. The molecule has 0 saturated carbocycles. The second-order valence-corrected chi connectivity index (χ2v) is 11.7. The third-order valence-corrected chi connectivity index (χ3v) is 8.68. The summed E-state index contributed by atoms with van der Waals surface area (Å²) < 4.78 is 39.7. The molecule has 0 aliphatic rings. The molecular weight excluding hydrogens is 542 g/mol. The highest BCUT2D eigenvalue weighted by Gasteiger charge is 2.33. The summed E-state index contributed by atoms with van der Waals surface area (Å²) in [5.74, 6) is -0.220. The zero-order chi connectivity index (χ0) is 30.2. The Morgan fingerprint density at radius 1 is 0.902 bits per heavy atom. The molecule has 9 nitrogen and oxygen atoms in total. The minimum absolute atomic E-state index is 0.0700. The molecule has 0 bridgehead atoms. The van der Waals surface area contributed by atoms with Crippen LogP contribution >= 0.6 is 0 Å². The third kappa shape index (κ3) is 7.79. The van der Waals surface area contributed by atoms with E-state index >= 15 is 0 Å². The first-order valence-electron chi connectivity index (χ1n) is 13.5. The fourth-order valence-electron chi connectivity index (χ4n) is 4.17. The highest BCUT2D eigenvalue weighted by Crippen LogP contribution is 2.32. The minimum Gasteiger partial charge on any atom is -0.493 e. The minimum atomic E-state index is -4.24. The van der Waals surface area contributed by atoms with E-state index in [1.165, 1.54) is 37.3 Å². The van der Waals surface area contributed by atoms with Crippen LogP contribution < -0.4 is 19.1 Å². The largest absolute Gasteiger partial charge is 0.493 e. The normalized spacial score (nSPS) is 12.6. The van der Waals surface area contributed by atoms with E-state index in [2.05, 4.69) is 5.32 Å². The number of hydrogen-bond donors (Lipinski definition) is 1. The van der Waals surface area contributed by atoms with Gasteiger partial charge in [-0.1, -0.05) is 55.0 Å². The zero-order valence-corrected chi connectivity index (χ0v) is 25.3. The summed E-state index contributed by atoms with van der Waals surface area (Å²) in [6, 6.07) is 19.4. The maximum Gasteiger partial charge on any atom is 0.264 e. The van der Waals surface area contributed by atoms with E-state index in [1.807, 2.05) is 45.0 Å². The van der Waals surface area contributed by atoms with Gasteiger partial charge < -0.3 is 19.7 Å². The molecule has 3 aromatic carbocycles. The number of carbonyl (C=O) groups excluding carboxylic acids is 2. The van der Waals surface area contributed by atoms with Gasteiger partial charge in [0.2, 0.25) is 11.8 Å². The quantitative estimate of drug-likeness (QED) is 0.318. The average molecular weight is 582 g/mol. The number of sulfonamides is 1. The van der Waals surface area contributed by atoms with Crippen LogP contribution in [0, 0.1) is 6.92 Å². The maximum atomic E-state index is 14.0. The molecule has 220 valence electrons. The molecule has 0 fully saturated rings. The van der Waals surface area contributed by atoms with Crippen molar-refractivity contribution in [1.29, 1.82) is 0 Å². The summed E-state index contributed by atoms with van der Waals surface area (Å²) >= 11 is 0. The summed E-state index contributed by atoms with van der Waals surface area (Å²) in [5.41, 5.74) is 2.19. The van der Waals surface area contributed by atoms with Crippen LogP contribution in [0.15, 0.2) is 77.7 Å². The van der Waals surface area contributed by atoms with E-state index < -0.39 is 28.5 Å². The smallest absolute Gasteiger partial charge is 0.264 e. The molecule has 0 spiro atoms. The molecule has 0 aromatic heterocycles. The van der Waals surface area contributed by atoms with Gasteiger partial charge >= 0.3 is 0 Å². The van der Waals surface area contributed by atoms with E-state index in [0.717, 1.165) is 21.9 Å². The third-order valence-electron chi connectivity index (χ3n) is 6.91. The molecule has 10 heteroatoms. The number of rotatable bonds is 13. The average Bonchev–Trinajstić information content (AvgIpc) is 2.98. The molecule has 2 amide bonds. The van der Waals surface area contributed by atoms with Crippen LogP contribution in [0.25, 0.3) is 0 Å². The molecule has 3 aromatic rings. The number of hydrogen-bond acceptors (Lipinski definition) is 6. The van der Waals surface area contributed by atoms with Crippen molar-refractivity contribution >= 4 is 27.5 Å². The second-order valence-electron chi connectivity index (χ2n) is 9.87. The predicted octanol–water partition coefficient (Wildman–Crippen LogP) is 4.54. The molecule has 0 heterocycles. The molecule has 0 radical (unpaired) electrons. The molecule has 41 heavy (non-hydrogen) atoms. The Bertz CT molecular complexity index is 1430. The fourth-order valence-corrected chi connectivity index (χ4v) is 5.60. The highest BCUT2D eigenvalue weighted by molar-refractivity contribution is 7.92. The van der Waals surface area contributed by atoms with Gasteiger partial charge in [0.15, 0.2) is 11.5 Å². The molecule has 3 rings (SSSR count). The Kier molecular flexibility index (Phi) is 10.8. The lowest BCUT2D eigenvalue weighted by Gasteiger charge is -2.32. The van der Waals surface area contributed by atoms with Crippen molar-refractivity contribution in [2.45, 2.75) is 57.6 Å². The van der Waals surface area contributed by atoms with Gasteiger partial charge in [-0.25, -0.2) is 8.42 Å². The molecule has 0 saturated heterocycles. The number of methoxy groups -OCH3 is 2. The van der Waals surface area contributed by atoms with Crippen LogP contribution in [0.4, 0.5) is 5.69 Å². The van der Waals surface area contributed by atoms with Crippen LogP contribution in [-0.2, 0) is 26.2 Å². The maximum absolute atomic E-state index is 14.0. The van der Waals surface area contributed by atoms with E-state index in [9.17, 15) is 18.0 Å². The SMILES string of the molecule is CCC(C)NC(=O)C(C)N(Cc1ccc(C)cc1)C(=O)CN(c1ccccc1)S(=O)(=O)c1ccc(OC)c(OC)c1. The fraction of sp³-hybridized carbons (Fsp3) is 0.355. The first kappa shape index (κ1) is 31.5. The number of carbonyl (C=O) groups is 2. The van der Waals surface area contributed by atoms with Gasteiger partial charge in [0.05, 0.1) is 24.8 Å². The second kappa shape index (κ2) is 14.0. The Morgan fingerprint density at radius 3 is 2.12 bits per heavy atom. The number of ether oxygens (including phenoxy) is 2. The first-order valence-corrected chi connectivity index (χ1v) is 14.9. The van der Waals surface area contributed by atoms with Gasteiger partial charge in [-0.05, 0) is 57.0 Å². The van der Waals surface area contributed by atoms with E-state index in [4.69, 9.17) is 9.47 Å². The first-order chi connectivity index (χ1) is 19.5. The number of anilines is 1. The van der Waals surface area contributed by atoms with Gasteiger partial charge in [-0.2, -0.15) is 0 Å². The molecule has 2 atom stereocenters. The van der Waals surface area contributed by atoms with E-state index in [-0.39, 0.29) is 29.1 Å². The Labute approximate surface area is 243 Å². The van der Waals surface area contributed by atoms with Crippen molar-refractivity contribution in [2.75, 3.05) is 25.1 Å². The van der Waals surface area contributed by atoms with Gasteiger partial charge in [-0.15, -0.1) is 0 Å². The van der Waals surface area contributed by atoms with Gasteiger partial charge in [0.25, 0.3) is 10.0 Å². The van der Waals surface area contributed by atoms with Crippen LogP contribution in [0.1, 0.15) is 38.3 Å². The summed E-state index contributed by atoms with van der Waals surface area (Å²) in [5, 5.41) is 2.93. The molecule has 0 aliphatic heterocycles. The number of para-hydroxylation sites is 1. The number of amides is 2. The predicted molar refractivity (Wildman–Crippen MR) is 160 cm³/mol. The monoisotopic (exact) mass is 581 g/mol. The van der Waals surface area contributed by atoms with E-state index in [1.54, 1.807) is 37.3 Å². The number of nitrogens with zero attached hydrogens (tertiary/aromatic N) is 2. The lowest BCUT2D eigenvalue weighted by Crippen LogP contribution is -2.52. The molecule has 0 aliphatic carbocycles. The Morgan fingerprint density at radius 2 is 1.54 bits per heavy atom. The van der Waals surface area contributed by atoms with Crippen molar-refractivity contribution in [3.63, 3.8) is 0 Å². The van der Waals surface area contributed by atoms with Crippen molar-refractivity contribution in [2.24, 2.45) is 0 Å². The molecular formula is C31H39N3O6S. The van der Waals surface area contributed by atoms with Crippen molar-refractivity contribution in [1.82, 2.24) is 10.2 Å². The summed E-state index contributed by atoms with van der Waals surface area (Å²) in [7, 11) is -1.36. The topological polar surface area (TPSA) is 105 Å². The van der Waals surface area contributed by atoms with Crippen molar-refractivity contribution in [3.8, 4) is 11.5 Å². The van der Waals surface area contributed by atoms with Crippen LogP contribution in [0.5, 0.6) is 11.5 Å². The van der Waals surface area contributed by atoms with Gasteiger partial charge in [0, 0.05) is 18.7 Å². The summed E-state index contributed by atoms with van der Waals surface area (Å²) in [6.07, 6.45) is 0.732. The standard InChI is InChI=1S/C31H39N3O6S/c1-7-23(3)32-31(36)24(4)33(20-25-15-13-22(2)14-16-25)30(35)21-34(26-11-9-8-10-12-26)41(37,38)27-17-18-28(39-5)29(19-27)40-6/h8-19,23-24H,7,20-21H2,1-6H3,(H,32,36). The van der Waals surface area contributed by atoms with Crippen LogP contribution in [0.3, 0.4) is 0 Å². The lowest BCUT2D eigenvalue weighted by molar-refractivity contribution is -0.139. The highest BCUT2D eigenvalue weighted by atomic mass is 32.2. The van der Waals surface area contributed by atoms with Gasteiger partial charge in [0.1, 0.15) is 12.6 Å². The number of nitrogens with one attached hydrogen (secondary N) is 1. The van der Waals surface area contributed by atoms with Crippen LogP contribution in [0.2, 0.25) is 0 Å². The molecule has 1 N–H and O–H groups in total. The zero-order valence-electron chi connectivity index (χ0n) is 24.5. The van der Waals surface area contributed by atoms with Gasteiger partial charge in [-0.3, -0.25) is 13.9 Å². The van der Waals surface area contributed by atoms with Crippen molar-refractivity contribution < 1.29 is 27.5 Å². The number of benzene rings is 3. The van der Waals surface area contributed by atoms with Crippen LogP contribution in [-0.4, -0.2) is 58.0 Å².